The fraction of sp³-hybridized carbons (Fsp3) is 0.412. The smallest absolute Gasteiger partial charge is 0.223 e. The highest BCUT2D eigenvalue weighted by molar-refractivity contribution is 7.07. The van der Waals surface area contributed by atoms with Crippen molar-refractivity contribution in [3.8, 4) is 0 Å². The number of aromatic nitrogens is 1. The summed E-state index contributed by atoms with van der Waals surface area (Å²) in [5.74, 6) is 0.216. The van der Waals surface area contributed by atoms with Gasteiger partial charge in [0.25, 0.3) is 0 Å². The van der Waals surface area contributed by atoms with Gasteiger partial charge in [0, 0.05) is 37.3 Å². The molecule has 0 saturated carbocycles. The Morgan fingerprint density at radius 1 is 1.36 bits per heavy atom. The summed E-state index contributed by atoms with van der Waals surface area (Å²) in [7, 11) is 0. The van der Waals surface area contributed by atoms with Crippen LogP contribution < -0.4 is 0 Å². The van der Waals surface area contributed by atoms with E-state index in [0.29, 0.717) is 19.5 Å². The number of hydrogen-bond acceptors (Lipinski definition) is 4. The van der Waals surface area contributed by atoms with Crippen LogP contribution in [-0.4, -0.2) is 40.1 Å². The standard InChI is InChI=1S/C17H20N2O2S/c20-16-11-19(17(21)5-4-13-6-8-22-12-13)10-14(16)9-15-3-1-2-7-18-15/h1-3,6-8,12,14,16,20H,4-5,9-11H2/t14-,16-/m1/s1. The van der Waals surface area contributed by atoms with Crippen LogP contribution in [0.1, 0.15) is 17.7 Å². The number of thiophene rings is 1. The third-order valence-corrected chi connectivity index (χ3v) is 4.90. The van der Waals surface area contributed by atoms with Gasteiger partial charge in [-0.15, -0.1) is 0 Å². The van der Waals surface area contributed by atoms with Gasteiger partial charge in [-0.25, -0.2) is 0 Å². The minimum atomic E-state index is -0.452. The highest BCUT2D eigenvalue weighted by atomic mass is 32.1. The Hall–Kier alpha value is -1.72. The molecule has 1 aliphatic heterocycles. The van der Waals surface area contributed by atoms with Gasteiger partial charge < -0.3 is 10.0 Å². The number of carbonyl (C=O) groups excluding carboxylic acids is 1. The van der Waals surface area contributed by atoms with E-state index in [4.69, 9.17) is 0 Å². The van der Waals surface area contributed by atoms with E-state index in [0.717, 1.165) is 18.5 Å². The zero-order chi connectivity index (χ0) is 15.4. The highest BCUT2D eigenvalue weighted by Gasteiger charge is 2.33. The molecule has 4 nitrogen and oxygen atoms in total. The lowest BCUT2D eigenvalue weighted by atomic mass is 10.00. The summed E-state index contributed by atoms with van der Waals surface area (Å²) in [5, 5.41) is 14.3. The lowest BCUT2D eigenvalue weighted by molar-refractivity contribution is -0.130. The van der Waals surface area contributed by atoms with Crippen molar-refractivity contribution in [3.05, 3.63) is 52.5 Å². The first kappa shape index (κ1) is 15.2. The molecule has 0 radical (unpaired) electrons. The van der Waals surface area contributed by atoms with Crippen molar-refractivity contribution in [1.29, 1.82) is 0 Å². The maximum Gasteiger partial charge on any atom is 0.223 e. The minimum absolute atomic E-state index is 0.0833. The topological polar surface area (TPSA) is 53.4 Å². The average Bonchev–Trinajstić information content (AvgIpc) is 3.16. The van der Waals surface area contributed by atoms with Gasteiger partial charge in [0.1, 0.15) is 0 Å². The van der Waals surface area contributed by atoms with Crippen LogP contribution in [0.3, 0.4) is 0 Å². The van der Waals surface area contributed by atoms with Gasteiger partial charge in [-0.05, 0) is 47.4 Å². The van der Waals surface area contributed by atoms with E-state index in [1.165, 1.54) is 5.56 Å². The van der Waals surface area contributed by atoms with Crippen molar-refractivity contribution in [3.63, 3.8) is 0 Å². The molecule has 5 heteroatoms. The normalized spacial score (nSPS) is 21.2. The molecule has 22 heavy (non-hydrogen) atoms. The fourth-order valence-electron chi connectivity index (χ4n) is 2.89. The van der Waals surface area contributed by atoms with E-state index in [1.807, 2.05) is 23.6 Å². The second-order valence-corrected chi connectivity index (χ2v) is 6.56. The van der Waals surface area contributed by atoms with Crippen LogP contribution in [0, 0.1) is 5.92 Å². The molecule has 1 saturated heterocycles. The largest absolute Gasteiger partial charge is 0.391 e. The van der Waals surface area contributed by atoms with Gasteiger partial charge in [0.2, 0.25) is 5.91 Å². The fourth-order valence-corrected chi connectivity index (χ4v) is 3.59. The Bertz CT molecular complexity index is 600. The SMILES string of the molecule is O=C(CCc1ccsc1)N1C[C@@H](Cc2ccccn2)[C@H](O)C1. The molecule has 0 spiro atoms. The highest BCUT2D eigenvalue weighted by Crippen LogP contribution is 2.22. The number of aliphatic hydroxyl groups excluding tert-OH is 1. The first-order chi connectivity index (χ1) is 10.7. The summed E-state index contributed by atoms with van der Waals surface area (Å²) in [6, 6.07) is 7.86. The van der Waals surface area contributed by atoms with Crippen LogP contribution in [-0.2, 0) is 17.6 Å². The molecule has 2 atom stereocenters. The third kappa shape index (κ3) is 3.72. The molecule has 1 fully saturated rings. The maximum atomic E-state index is 12.3. The van der Waals surface area contributed by atoms with Crippen LogP contribution >= 0.6 is 11.3 Å². The van der Waals surface area contributed by atoms with Crippen molar-refractivity contribution >= 4 is 17.2 Å². The Morgan fingerprint density at radius 3 is 3.00 bits per heavy atom. The molecule has 1 aliphatic rings. The Morgan fingerprint density at radius 2 is 2.27 bits per heavy atom. The number of hydrogen-bond donors (Lipinski definition) is 1. The Kier molecular flexibility index (Phi) is 4.85. The summed E-state index contributed by atoms with van der Waals surface area (Å²) in [5.41, 5.74) is 2.18. The molecule has 3 rings (SSSR count). The van der Waals surface area contributed by atoms with Gasteiger partial charge in [0.05, 0.1) is 6.10 Å². The number of aliphatic hydroxyl groups is 1. The molecular weight excluding hydrogens is 296 g/mol. The maximum absolute atomic E-state index is 12.3. The average molecular weight is 316 g/mol. The van der Waals surface area contributed by atoms with E-state index in [1.54, 1.807) is 22.4 Å². The summed E-state index contributed by atoms with van der Waals surface area (Å²) in [4.78, 5) is 18.4. The van der Waals surface area contributed by atoms with Crippen LogP contribution in [0.5, 0.6) is 0 Å². The van der Waals surface area contributed by atoms with E-state index in [2.05, 4.69) is 16.4 Å². The Labute approximate surface area is 134 Å². The molecule has 116 valence electrons. The third-order valence-electron chi connectivity index (χ3n) is 4.16. The summed E-state index contributed by atoms with van der Waals surface area (Å²) in [6.45, 7) is 1.07. The predicted octanol–water partition coefficient (Wildman–Crippen LogP) is 2.14. The predicted molar refractivity (Wildman–Crippen MR) is 86.7 cm³/mol. The van der Waals surface area contributed by atoms with Gasteiger partial charge in [-0.2, -0.15) is 11.3 Å². The molecular formula is C17H20N2O2S. The zero-order valence-corrected chi connectivity index (χ0v) is 13.2. The molecule has 0 unspecified atom stereocenters. The number of amides is 1. The van der Waals surface area contributed by atoms with Crippen molar-refractivity contribution in [2.45, 2.75) is 25.4 Å². The number of pyridine rings is 1. The zero-order valence-electron chi connectivity index (χ0n) is 12.4. The molecule has 3 heterocycles. The number of aryl methyl sites for hydroxylation is 1. The van der Waals surface area contributed by atoms with Crippen LogP contribution in [0.25, 0.3) is 0 Å². The van der Waals surface area contributed by atoms with Gasteiger partial charge in [-0.1, -0.05) is 6.07 Å². The molecule has 0 aliphatic carbocycles. The van der Waals surface area contributed by atoms with E-state index < -0.39 is 6.10 Å². The van der Waals surface area contributed by atoms with Crippen LogP contribution in [0.15, 0.2) is 41.2 Å². The number of nitrogens with zero attached hydrogens (tertiary/aromatic N) is 2. The van der Waals surface area contributed by atoms with Crippen LogP contribution in [0.2, 0.25) is 0 Å². The lowest BCUT2D eigenvalue weighted by Crippen LogP contribution is -2.29. The minimum Gasteiger partial charge on any atom is -0.391 e. The van der Waals surface area contributed by atoms with Crippen molar-refractivity contribution < 1.29 is 9.90 Å². The lowest BCUT2D eigenvalue weighted by Gasteiger charge is -2.16. The number of carbonyl (C=O) groups is 1. The van der Waals surface area contributed by atoms with Gasteiger partial charge >= 0.3 is 0 Å². The first-order valence-electron chi connectivity index (χ1n) is 7.59. The number of β-amino-alcohol motifs (C(OH)–C–C–N with tert-alkyl or cyclic N) is 1. The summed E-state index contributed by atoms with van der Waals surface area (Å²) in [6.07, 6.45) is 3.32. The second-order valence-electron chi connectivity index (χ2n) is 5.78. The van der Waals surface area contributed by atoms with Crippen molar-refractivity contribution in [2.24, 2.45) is 5.92 Å². The molecule has 2 aromatic rings. The molecule has 2 aromatic heterocycles. The summed E-state index contributed by atoms with van der Waals surface area (Å²) >= 11 is 1.65. The van der Waals surface area contributed by atoms with Crippen LogP contribution in [0.4, 0.5) is 0 Å². The van der Waals surface area contributed by atoms with Gasteiger partial charge in [0.15, 0.2) is 0 Å². The molecule has 1 amide bonds. The monoisotopic (exact) mass is 316 g/mol. The quantitative estimate of drug-likeness (QED) is 0.919. The van der Waals surface area contributed by atoms with Crippen molar-refractivity contribution in [2.75, 3.05) is 13.1 Å². The molecule has 0 bridgehead atoms. The van der Waals surface area contributed by atoms with E-state index in [9.17, 15) is 9.90 Å². The van der Waals surface area contributed by atoms with E-state index >= 15 is 0 Å². The molecule has 1 N–H and O–H groups in total. The van der Waals surface area contributed by atoms with Gasteiger partial charge in [-0.3, -0.25) is 9.78 Å². The second kappa shape index (κ2) is 7.03. The Balaban J connectivity index is 1.52. The number of rotatable bonds is 5. The number of likely N-dealkylation sites (tertiary alicyclic amines) is 1. The van der Waals surface area contributed by atoms with E-state index in [-0.39, 0.29) is 11.8 Å². The molecule has 0 aromatic carbocycles. The van der Waals surface area contributed by atoms with Crippen molar-refractivity contribution in [1.82, 2.24) is 9.88 Å². The first-order valence-corrected chi connectivity index (χ1v) is 8.53. The summed E-state index contributed by atoms with van der Waals surface area (Å²) < 4.78 is 0.